The number of benzene rings is 1. The van der Waals surface area contributed by atoms with E-state index in [2.05, 4.69) is 15.9 Å². The topological polar surface area (TPSA) is 26.3 Å². The number of carbonyl (C=O) groups excluding carboxylic acids is 1. The van der Waals surface area contributed by atoms with Gasteiger partial charge >= 0.3 is 0 Å². The van der Waals surface area contributed by atoms with E-state index < -0.39 is 0 Å². The number of Topliss-reactive ketones (excluding diaryl/α,β-unsaturated/α-hetero) is 1. The zero-order chi connectivity index (χ0) is 10.7. The van der Waals surface area contributed by atoms with Crippen molar-refractivity contribution in [2.75, 3.05) is 6.61 Å². The molecule has 0 spiro atoms. The Bertz CT molecular complexity index is 335. The van der Waals surface area contributed by atoms with Crippen molar-refractivity contribution < 1.29 is 9.53 Å². The van der Waals surface area contributed by atoms with Crippen molar-refractivity contribution in [1.82, 2.24) is 0 Å². The van der Waals surface area contributed by atoms with Crippen LogP contribution in [-0.2, 0) is 0 Å². The molecular weight excluding hydrogens is 244 g/mol. The van der Waals surface area contributed by atoms with Gasteiger partial charge in [-0.3, -0.25) is 4.79 Å². The molecule has 3 heteroatoms. The number of hydrogen-bond acceptors (Lipinski definition) is 2. The number of carbonyl (C=O) groups is 1. The van der Waals surface area contributed by atoms with E-state index in [-0.39, 0.29) is 5.78 Å². The second-order valence-electron chi connectivity index (χ2n) is 3.09. The van der Waals surface area contributed by atoms with Gasteiger partial charge in [-0.1, -0.05) is 0 Å². The number of ketones is 1. The Balaban J connectivity index is 3.18. The molecule has 76 valence electrons. The lowest BCUT2D eigenvalue weighted by Crippen LogP contribution is -2.00. The van der Waals surface area contributed by atoms with Gasteiger partial charge in [0.1, 0.15) is 5.75 Å². The molecule has 0 aliphatic heterocycles. The summed E-state index contributed by atoms with van der Waals surface area (Å²) in [4.78, 5) is 11.3. The van der Waals surface area contributed by atoms with Crippen LogP contribution in [0.1, 0.15) is 29.8 Å². The lowest BCUT2D eigenvalue weighted by Gasteiger charge is -2.09. The van der Waals surface area contributed by atoms with Gasteiger partial charge in [0.15, 0.2) is 5.78 Å². The molecule has 0 aliphatic carbocycles. The molecule has 0 amide bonds. The second-order valence-corrected chi connectivity index (χ2v) is 3.94. The van der Waals surface area contributed by atoms with E-state index in [0.29, 0.717) is 6.61 Å². The monoisotopic (exact) mass is 256 g/mol. The van der Waals surface area contributed by atoms with Gasteiger partial charge in [-0.25, -0.2) is 0 Å². The highest BCUT2D eigenvalue weighted by molar-refractivity contribution is 9.10. The molecule has 0 fully saturated rings. The van der Waals surface area contributed by atoms with E-state index in [1.54, 1.807) is 6.92 Å². The van der Waals surface area contributed by atoms with Crippen LogP contribution in [0, 0.1) is 6.92 Å². The van der Waals surface area contributed by atoms with Gasteiger partial charge in [-0.2, -0.15) is 0 Å². The van der Waals surface area contributed by atoms with Crippen molar-refractivity contribution in [3.05, 3.63) is 27.7 Å². The molecule has 0 radical (unpaired) electrons. The number of rotatable bonds is 3. The van der Waals surface area contributed by atoms with Gasteiger partial charge in [-0.15, -0.1) is 0 Å². The maximum atomic E-state index is 11.3. The summed E-state index contributed by atoms with van der Waals surface area (Å²) in [5.74, 6) is 0.860. The van der Waals surface area contributed by atoms with E-state index in [4.69, 9.17) is 4.74 Å². The molecule has 2 nitrogen and oxygen atoms in total. The Morgan fingerprint density at radius 2 is 2.14 bits per heavy atom. The van der Waals surface area contributed by atoms with Crippen LogP contribution in [0.3, 0.4) is 0 Å². The molecule has 0 N–H and O–H groups in total. The van der Waals surface area contributed by atoms with Crippen LogP contribution >= 0.6 is 15.9 Å². The maximum absolute atomic E-state index is 11.3. The number of ether oxygens (including phenoxy) is 1. The second kappa shape index (κ2) is 4.60. The fourth-order valence-electron chi connectivity index (χ4n) is 1.41. The van der Waals surface area contributed by atoms with Crippen molar-refractivity contribution in [2.45, 2.75) is 20.8 Å². The van der Waals surface area contributed by atoms with Crippen LogP contribution < -0.4 is 4.74 Å². The van der Waals surface area contributed by atoms with Crippen molar-refractivity contribution >= 4 is 21.7 Å². The minimum Gasteiger partial charge on any atom is -0.494 e. The first-order chi connectivity index (χ1) is 6.56. The van der Waals surface area contributed by atoms with Crippen LogP contribution in [0.25, 0.3) is 0 Å². The maximum Gasteiger partial charge on any atom is 0.161 e. The predicted octanol–water partition coefficient (Wildman–Crippen LogP) is 3.36. The SMILES string of the molecule is CCOc1cc(C)c(C(C)=O)c(Br)c1. The van der Waals surface area contributed by atoms with Gasteiger partial charge in [0, 0.05) is 10.0 Å². The fourth-order valence-corrected chi connectivity index (χ4v) is 2.23. The third kappa shape index (κ3) is 2.35. The quantitative estimate of drug-likeness (QED) is 0.776. The highest BCUT2D eigenvalue weighted by Gasteiger charge is 2.10. The molecule has 1 aromatic rings. The average molecular weight is 257 g/mol. The standard InChI is InChI=1S/C11H13BrO2/c1-4-14-9-5-7(2)11(8(3)13)10(12)6-9/h5-6H,4H2,1-3H3. The van der Waals surface area contributed by atoms with Gasteiger partial charge in [0.05, 0.1) is 6.61 Å². The van der Waals surface area contributed by atoms with Gasteiger partial charge < -0.3 is 4.74 Å². The minimum atomic E-state index is 0.0671. The van der Waals surface area contributed by atoms with Gasteiger partial charge in [0.2, 0.25) is 0 Å². The summed E-state index contributed by atoms with van der Waals surface area (Å²) in [7, 11) is 0. The van der Waals surface area contributed by atoms with E-state index in [1.165, 1.54) is 0 Å². The van der Waals surface area contributed by atoms with E-state index in [9.17, 15) is 4.79 Å². The molecular formula is C11H13BrO2. The number of halogens is 1. The first-order valence-corrected chi connectivity index (χ1v) is 5.29. The van der Waals surface area contributed by atoms with Crippen molar-refractivity contribution in [1.29, 1.82) is 0 Å². The first kappa shape index (κ1) is 11.2. The normalized spacial score (nSPS) is 10.0. The zero-order valence-electron chi connectivity index (χ0n) is 8.56. The molecule has 14 heavy (non-hydrogen) atoms. The van der Waals surface area contributed by atoms with E-state index in [1.807, 2.05) is 26.0 Å². The highest BCUT2D eigenvalue weighted by atomic mass is 79.9. The van der Waals surface area contributed by atoms with Crippen molar-refractivity contribution in [2.24, 2.45) is 0 Å². The summed E-state index contributed by atoms with van der Waals surface area (Å²) >= 11 is 3.37. The van der Waals surface area contributed by atoms with Crippen molar-refractivity contribution in [3.63, 3.8) is 0 Å². The molecule has 0 unspecified atom stereocenters. The molecule has 1 aromatic carbocycles. The summed E-state index contributed by atoms with van der Waals surface area (Å²) < 4.78 is 6.16. The highest BCUT2D eigenvalue weighted by Crippen LogP contribution is 2.27. The predicted molar refractivity (Wildman–Crippen MR) is 60.1 cm³/mol. The largest absolute Gasteiger partial charge is 0.494 e. The molecule has 0 heterocycles. The van der Waals surface area contributed by atoms with Crippen LogP contribution in [-0.4, -0.2) is 12.4 Å². The molecule has 0 saturated carbocycles. The smallest absolute Gasteiger partial charge is 0.161 e. The Morgan fingerprint density at radius 3 is 2.57 bits per heavy atom. The summed E-state index contributed by atoms with van der Waals surface area (Å²) in [6.45, 7) is 6.03. The summed E-state index contributed by atoms with van der Waals surface area (Å²) in [6.07, 6.45) is 0. The lowest BCUT2D eigenvalue weighted by atomic mass is 10.1. The van der Waals surface area contributed by atoms with Crippen molar-refractivity contribution in [3.8, 4) is 5.75 Å². The molecule has 0 saturated heterocycles. The van der Waals surface area contributed by atoms with E-state index >= 15 is 0 Å². The molecule has 0 bridgehead atoms. The third-order valence-corrected chi connectivity index (χ3v) is 2.55. The Labute approximate surface area is 92.4 Å². The molecule has 0 atom stereocenters. The number of hydrogen-bond donors (Lipinski definition) is 0. The lowest BCUT2D eigenvalue weighted by molar-refractivity contribution is 0.101. The summed E-state index contributed by atoms with van der Waals surface area (Å²) in [6, 6.07) is 3.71. The van der Waals surface area contributed by atoms with E-state index in [0.717, 1.165) is 21.3 Å². The van der Waals surface area contributed by atoms with Gasteiger partial charge in [0.25, 0.3) is 0 Å². The van der Waals surface area contributed by atoms with Crippen LogP contribution in [0.5, 0.6) is 5.75 Å². The van der Waals surface area contributed by atoms with Crippen LogP contribution in [0.2, 0.25) is 0 Å². The molecule has 0 aromatic heterocycles. The minimum absolute atomic E-state index is 0.0671. The Kier molecular flexibility index (Phi) is 3.69. The Morgan fingerprint density at radius 1 is 1.50 bits per heavy atom. The first-order valence-electron chi connectivity index (χ1n) is 4.50. The summed E-state index contributed by atoms with van der Waals surface area (Å²) in [5, 5.41) is 0. The van der Waals surface area contributed by atoms with Crippen LogP contribution in [0.15, 0.2) is 16.6 Å². The number of aryl methyl sites for hydroxylation is 1. The van der Waals surface area contributed by atoms with Gasteiger partial charge in [-0.05, 0) is 54.4 Å². The van der Waals surface area contributed by atoms with Crippen LogP contribution in [0.4, 0.5) is 0 Å². The fraction of sp³-hybridized carbons (Fsp3) is 0.364. The Hall–Kier alpha value is -0.830. The summed E-state index contributed by atoms with van der Waals surface area (Å²) in [5.41, 5.74) is 1.67. The average Bonchev–Trinajstić information content (AvgIpc) is 2.01. The molecule has 0 aliphatic rings. The molecule has 1 rings (SSSR count). The third-order valence-electron chi connectivity index (χ3n) is 1.92. The zero-order valence-corrected chi connectivity index (χ0v) is 10.1.